The van der Waals surface area contributed by atoms with Crippen molar-refractivity contribution in [3.05, 3.63) is 30.1 Å². The van der Waals surface area contributed by atoms with Crippen LogP contribution in [0.25, 0.3) is 0 Å². The lowest BCUT2D eigenvalue weighted by atomic mass is 10.1. The molecule has 0 N–H and O–H groups in total. The van der Waals surface area contributed by atoms with Gasteiger partial charge in [-0.25, -0.2) is 0 Å². The van der Waals surface area contributed by atoms with E-state index in [1.54, 1.807) is 21.0 Å². The fourth-order valence-electron chi connectivity index (χ4n) is 2.92. The molecule has 1 saturated heterocycles. The van der Waals surface area contributed by atoms with Crippen molar-refractivity contribution in [2.24, 2.45) is 0 Å². The molecule has 0 spiro atoms. The maximum absolute atomic E-state index is 12.9. The standard InChI is InChI=1S/C15H25N3O2S/c1-3-11-17(12-4-2)21(19,20)18-13-5-6-15(18)14-7-9-16-10-8-14/h7-10,15H,3-6,11-13H2,1-2H3. The first kappa shape index (κ1) is 16.4. The van der Waals surface area contributed by atoms with Gasteiger partial charge in [0.2, 0.25) is 0 Å². The first-order valence-electron chi connectivity index (χ1n) is 7.78. The minimum Gasteiger partial charge on any atom is -0.265 e. The molecular weight excluding hydrogens is 286 g/mol. The average molecular weight is 311 g/mol. The summed E-state index contributed by atoms with van der Waals surface area (Å²) in [4.78, 5) is 4.02. The van der Waals surface area contributed by atoms with Crippen molar-refractivity contribution in [1.29, 1.82) is 0 Å². The van der Waals surface area contributed by atoms with Crippen LogP contribution in [0.15, 0.2) is 24.5 Å². The van der Waals surface area contributed by atoms with E-state index in [-0.39, 0.29) is 6.04 Å². The van der Waals surface area contributed by atoms with Crippen molar-refractivity contribution in [2.45, 2.75) is 45.6 Å². The predicted molar refractivity (Wildman–Crippen MR) is 84.0 cm³/mol. The Hall–Kier alpha value is -0.980. The van der Waals surface area contributed by atoms with Gasteiger partial charge in [0.15, 0.2) is 0 Å². The second-order valence-electron chi connectivity index (χ2n) is 5.46. The molecule has 2 rings (SSSR count). The van der Waals surface area contributed by atoms with E-state index in [1.807, 2.05) is 26.0 Å². The Morgan fingerprint density at radius 2 is 1.86 bits per heavy atom. The van der Waals surface area contributed by atoms with Crippen LogP contribution >= 0.6 is 0 Å². The Morgan fingerprint density at radius 1 is 1.24 bits per heavy atom. The van der Waals surface area contributed by atoms with Crippen molar-refractivity contribution in [3.63, 3.8) is 0 Å². The van der Waals surface area contributed by atoms with Gasteiger partial charge in [-0.05, 0) is 43.4 Å². The molecule has 2 heterocycles. The van der Waals surface area contributed by atoms with Crippen LogP contribution in [0.4, 0.5) is 0 Å². The normalized spacial score (nSPS) is 20.2. The molecule has 0 radical (unpaired) electrons. The van der Waals surface area contributed by atoms with Crippen LogP contribution in [0.5, 0.6) is 0 Å². The van der Waals surface area contributed by atoms with Crippen molar-refractivity contribution in [1.82, 2.24) is 13.6 Å². The van der Waals surface area contributed by atoms with Gasteiger partial charge in [0.25, 0.3) is 10.2 Å². The highest BCUT2D eigenvalue weighted by Crippen LogP contribution is 2.35. The molecule has 1 atom stereocenters. The molecule has 1 aromatic heterocycles. The Balaban J connectivity index is 2.25. The molecule has 0 amide bonds. The third kappa shape index (κ3) is 3.62. The van der Waals surface area contributed by atoms with Gasteiger partial charge in [0.05, 0.1) is 6.04 Å². The van der Waals surface area contributed by atoms with Crippen molar-refractivity contribution >= 4 is 10.2 Å². The van der Waals surface area contributed by atoms with Crippen LogP contribution in [0.1, 0.15) is 51.1 Å². The van der Waals surface area contributed by atoms with E-state index in [2.05, 4.69) is 4.98 Å². The molecular formula is C15H25N3O2S. The zero-order chi connectivity index (χ0) is 15.3. The highest BCUT2D eigenvalue weighted by atomic mass is 32.2. The van der Waals surface area contributed by atoms with Crippen molar-refractivity contribution in [3.8, 4) is 0 Å². The average Bonchev–Trinajstić information content (AvgIpc) is 2.98. The van der Waals surface area contributed by atoms with E-state index >= 15 is 0 Å². The lowest BCUT2D eigenvalue weighted by molar-refractivity contribution is 0.325. The summed E-state index contributed by atoms with van der Waals surface area (Å²) < 4.78 is 29.2. The van der Waals surface area contributed by atoms with Crippen LogP contribution in [-0.2, 0) is 10.2 Å². The van der Waals surface area contributed by atoms with Gasteiger partial charge in [-0.15, -0.1) is 0 Å². The first-order valence-corrected chi connectivity index (χ1v) is 9.17. The zero-order valence-electron chi connectivity index (χ0n) is 12.9. The number of pyridine rings is 1. The maximum atomic E-state index is 12.9. The van der Waals surface area contributed by atoms with Gasteiger partial charge in [-0.2, -0.15) is 17.0 Å². The Labute approximate surface area is 128 Å². The molecule has 5 nitrogen and oxygen atoms in total. The molecule has 1 aliphatic rings. The van der Waals surface area contributed by atoms with E-state index in [1.165, 1.54) is 0 Å². The largest absolute Gasteiger partial charge is 0.282 e. The predicted octanol–water partition coefficient (Wildman–Crippen LogP) is 2.59. The van der Waals surface area contributed by atoms with E-state index in [0.717, 1.165) is 31.2 Å². The summed E-state index contributed by atoms with van der Waals surface area (Å²) in [6.07, 6.45) is 6.94. The topological polar surface area (TPSA) is 53.5 Å². The van der Waals surface area contributed by atoms with Crippen molar-refractivity contribution in [2.75, 3.05) is 19.6 Å². The summed E-state index contributed by atoms with van der Waals surface area (Å²) in [6, 6.07) is 3.79. The molecule has 1 unspecified atom stereocenters. The van der Waals surface area contributed by atoms with E-state index in [9.17, 15) is 8.42 Å². The minimum atomic E-state index is -3.38. The van der Waals surface area contributed by atoms with Gasteiger partial charge in [-0.3, -0.25) is 4.98 Å². The van der Waals surface area contributed by atoms with Crippen LogP contribution in [0.2, 0.25) is 0 Å². The lowest BCUT2D eigenvalue weighted by Gasteiger charge is -2.30. The Kier molecular flexibility index (Phi) is 5.72. The molecule has 1 aliphatic heterocycles. The summed E-state index contributed by atoms with van der Waals surface area (Å²) in [7, 11) is -3.38. The molecule has 1 fully saturated rings. The quantitative estimate of drug-likeness (QED) is 0.778. The molecule has 21 heavy (non-hydrogen) atoms. The molecule has 0 bridgehead atoms. The summed E-state index contributed by atoms with van der Waals surface area (Å²) in [5.41, 5.74) is 1.04. The molecule has 118 valence electrons. The van der Waals surface area contributed by atoms with Gasteiger partial charge in [0.1, 0.15) is 0 Å². The van der Waals surface area contributed by atoms with Gasteiger partial charge in [-0.1, -0.05) is 13.8 Å². The van der Waals surface area contributed by atoms with Gasteiger partial charge < -0.3 is 0 Å². The SMILES string of the molecule is CCCN(CCC)S(=O)(=O)N1CCCC1c1ccncc1. The molecule has 6 heteroatoms. The molecule has 0 saturated carbocycles. The van der Waals surface area contributed by atoms with Crippen LogP contribution in [0.3, 0.4) is 0 Å². The Morgan fingerprint density at radius 3 is 2.43 bits per heavy atom. The number of hydrogen-bond acceptors (Lipinski definition) is 3. The number of aromatic nitrogens is 1. The summed E-state index contributed by atoms with van der Waals surface area (Å²) >= 11 is 0. The second kappa shape index (κ2) is 7.33. The zero-order valence-corrected chi connectivity index (χ0v) is 13.7. The van der Waals surface area contributed by atoms with E-state index in [4.69, 9.17) is 0 Å². The third-order valence-electron chi connectivity index (χ3n) is 3.86. The number of nitrogens with zero attached hydrogens (tertiary/aromatic N) is 3. The molecule has 1 aromatic rings. The van der Waals surface area contributed by atoms with Crippen molar-refractivity contribution < 1.29 is 8.42 Å². The highest BCUT2D eigenvalue weighted by Gasteiger charge is 2.38. The van der Waals surface area contributed by atoms with Crippen LogP contribution in [-0.4, -0.2) is 41.6 Å². The highest BCUT2D eigenvalue weighted by molar-refractivity contribution is 7.86. The summed E-state index contributed by atoms with van der Waals surface area (Å²) in [6.45, 7) is 5.83. The monoisotopic (exact) mass is 311 g/mol. The fraction of sp³-hybridized carbons (Fsp3) is 0.667. The van der Waals surface area contributed by atoms with Gasteiger partial charge >= 0.3 is 0 Å². The van der Waals surface area contributed by atoms with Crippen LogP contribution < -0.4 is 0 Å². The molecule has 0 aromatic carbocycles. The first-order chi connectivity index (χ1) is 10.1. The summed E-state index contributed by atoms with van der Waals surface area (Å²) in [5, 5.41) is 0. The fourth-order valence-corrected chi connectivity index (χ4v) is 4.96. The second-order valence-corrected chi connectivity index (χ2v) is 7.34. The smallest absolute Gasteiger partial charge is 0.265 e. The van der Waals surface area contributed by atoms with Crippen LogP contribution in [0, 0.1) is 0 Å². The minimum absolute atomic E-state index is 0.0470. The molecule has 0 aliphatic carbocycles. The summed E-state index contributed by atoms with van der Waals surface area (Å²) in [5.74, 6) is 0. The third-order valence-corrected chi connectivity index (χ3v) is 5.91. The van der Waals surface area contributed by atoms with Gasteiger partial charge in [0, 0.05) is 32.0 Å². The number of hydrogen-bond donors (Lipinski definition) is 0. The van der Waals surface area contributed by atoms with E-state index < -0.39 is 10.2 Å². The lowest BCUT2D eigenvalue weighted by Crippen LogP contribution is -2.44. The number of rotatable bonds is 7. The maximum Gasteiger partial charge on any atom is 0.282 e. The van der Waals surface area contributed by atoms with E-state index in [0.29, 0.717) is 19.6 Å². The Bertz CT molecular complexity index is 527.